The van der Waals surface area contributed by atoms with E-state index >= 15 is 0 Å². The van der Waals surface area contributed by atoms with Gasteiger partial charge in [0.05, 0.1) is 17.8 Å². The standard InChI is InChI=1S/C28H22N2O3/c31-26-25(18-21-15-16-22-11-7-8-12-23(22)17-21)27(32)30(24-13-5-2-6-14-24)28(33)29(26)19-20-9-3-1-4-10-20/h1-17,31H,18-19H2. The Kier molecular flexibility index (Phi) is 5.37. The third kappa shape index (κ3) is 3.96. The van der Waals surface area contributed by atoms with Gasteiger partial charge in [-0.25, -0.2) is 9.36 Å². The minimum atomic E-state index is -0.574. The third-order valence-corrected chi connectivity index (χ3v) is 5.80. The summed E-state index contributed by atoms with van der Waals surface area (Å²) in [4.78, 5) is 26.8. The molecule has 4 aromatic carbocycles. The Balaban J connectivity index is 1.69. The molecule has 5 heteroatoms. The van der Waals surface area contributed by atoms with Gasteiger partial charge in [0, 0.05) is 6.42 Å². The van der Waals surface area contributed by atoms with Crippen LogP contribution in [0.3, 0.4) is 0 Å². The van der Waals surface area contributed by atoms with Gasteiger partial charge in [0.2, 0.25) is 5.88 Å². The first-order chi connectivity index (χ1) is 16.1. The Hall–Kier alpha value is -4.38. The lowest BCUT2D eigenvalue weighted by Crippen LogP contribution is -2.40. The summed E-state index contributed by atoms with van der Waals surface area (Å²) in [6.45, 7) is 0.156. The second kappa shape index (κ2) is 8.63. The molecule has 33 heavy (non-hydrogen) atoms. The average Bonchev–Trinajstić information content (AvgIpc) is 2.86. The highest BCUT2D eigenvalue weighted by molar-refractivity contribution is 5.83. The Labute approximate surface area is 190 Å². The lowest BCUT2D eigenvalue weighted by atomic mass is 10.0. The molecule has 0 spiro atoms. The van der Waals surface area contributed by atoms with E-state index in [1.807, 2.05) is 78.9 Å². The summed E-state index contributed by atoms with van der Waals surface area (Å²) >= 11 is 0. The van der Waals surface area contributed by atoms with E-state index in [0.717, 1.165) is 26.5 Å². The Morgan fingerprint density at radius 2 is 1.30 bits per heavy atom. The molecule has 0 unspecified atom stereocenters. The van der Waals surface area contributed by atoms with Gasteiger partial charge in [-0.15, -0.1) is 0 Å². The van der Waals surface area contributed by atoms with Gasteiger partial charge < -0.3 is 5.11 Å². The number of aromatic hydroxyl groups is 1. The molecule has 5 nitrogen and oxygen atoms in total. The van der Waals surface area contributed by atoms with Gasteiger partial charge in [-0.05, 0) is 34.0 Å². The minimum Gasteiger partial charge on any atom is -0.494 e. The van der Waals surface area contributed by atoms with E-state index in [9.17, 15) is 14.7 Å². The van der Waals surface area contributed by atoms with Crippen LogP contribution in [-0.4, -0.2) is 14.2 Å². The van der Waals surface area contributed by atoms with Gasteiger partial charge in [-0.1, -0.05) is 91.0 Å². The molecule has 0 aliphatic rings. The number of aromatic nitrogens is 2. The van der Waals surface area contributed by atoms with Crippen LogP contribution < -0.4 is 11.2 Å². The van der Waals surface area contributed by atoms with Crippen LogP contribution in [0, 0.1) is 0 Å². The van der Waals surface area contributed by atoms with Crippen LogP contribution >= 0.6 is 0 Å². The predicted molar refractivity (Wildman–Crippen MR) is 130 cm³/mol. The lowest BCUT2D eigenvalue weighted by Gasteiger charge is -2.16. The van der Waals surface area contributed by atoms with Crippen molar-refractivity contribution in [1.82, 2.24) is 9.13 Å². The molecule has 0 saturated carbocycles. The summed E-state index contributed by atoms with van der Waals surface area (Å²) in [6, 6.07) is 32.1. The van der Waals surface area contributed by atoms with Gasteiger partial charge in [0.15, 0.2) is 0 Å². The van der Waals surface area contributed by atoms with Crippen molar-refractivity contribution >= 4 is 10.8 Å². The largest absolute Gasteiger partial charge is 0.494 e. The Morgan fingerprint density at radius 1 is 0.667 bits per heavy atom. The summed E-state index contributed by atoms with van der Waals surface area (Å²) in [5.74, 6) is -0.297. The van der Waals surface area contributed by atoms with Gasteiger partial charge >= 0.3 is 5.69 Å². The van der Waals surface area contributed by atoms with Crippen LogP contribution in [-0.2, 0) is 13.0 Å². The summed E-state index contributed by atoms with van der Waals surface area (Å²) in [6.07, 6.45) is 0.206. The molecule has 1 aromatic heterocycles. The maximum Gasteiger partial charge on any atom is 0.338 e. The van der Waals surface area contributed by atoms with E-state index in [0.29, 0.717) is 5.69 Å². The molecular formula is C28H22N2O3. The topological polar surface area (TPSA) is 64.2 Å². The highest BCUT2D eigenvalue weighted by Crippen LogP contribution is 2.21. The molecule has 5 rings (SSSR count). The van der Waals surface area contributed by atoms with Crippen LogP contribution in [0.2, 0.25) is 0 Å². The fourth-order valence-electron chi connectivity index (χ4n) is 4.11. The van der Waals surface area contributed by atoms with Crippen LogP contribution in [0.1, 0.15) is 16.7 Å². The van der Waals surface area contributed by atoms with E-state index in [2.05, 4.69) is 0 Å². The van der Waals surface area contributed by atoms with E-state index in [-0.39, 0.29) is 24.4 Å². The maximum absolute atomic E-state index is 13.5. The average molecular weight is 434 g/mol. The number of hydrogen-bond acceptors (Lipinski definition) is 3. The second-order valence-corrected chi connectivity index (χ2v) is 7.99. The zero-order chi connectivity index (χ0) is 22.8. The number of nitrogens with zero attached hydrogens (tertiary/aromatic N) is 2. The van der Waals surface area contributed by atoms with Crippen molar-refractivity contribution in [1.29, 1.82) is 0 Å². The molecule has 0 aliphatic carbocycles. The highest BCUT2D eigenvalue weighted by atomic mass is 16.3. The zero-order valence-corrected chi connectivity index (χ0v) is 17.9. The highest BCUT2D eigenvalue weighted by Gasteiger charge is 2.20. The van der Waals surface area contributed by atoms with Crippen LogP contribution in [0.25, 0.3) is 16.5 Å². The number of benzene rings is 4. The van der Waals surface area contributed by atoms with E-state index in [1.54, 1.807) is 24.3 Å². The molecular weight excluding hydrogens is 412 g/mol. The molecule has 0 radical (unpaired) electrons. The molecule has 0 bridgehead atoms. The third-order valence-electron chi connectivity index (χ3n) is 5.80. The molecule has 0 atom stereocenters. The first-order valence-corrected chi connectivity index (χ1v) is 10.8. The fraction of sp³-hybridized carbons (Fsp3) is 0.0714. The number of rotatable bonds is 5. The number of hydrogen-bond donors (Lipinski definition) is 1. The lowest BCUT2D eigenvalue weighted by molar-refractivity contribution is 0.398. The van der Waals surface area contributed by atoms with Gasteiger partial charge in [0.25, 0.3) is 5.56 Å². The monoisotopic (exact) mass is 434 g/mol. The van der Waals surface area contributed by atoms with Gasteiger partial charge in [0.1, 0.15) is 0 Å². The maximum atomic E-state index is 13.5. The molecule has 5 aromatic rings. The fourth-order valence-corrected chi connectivity index (χ4v) is 4.11. The van der Waals surface area contributed by atoms with Crippen molar-refractivity contribution < 1.29 is 5.11 Å². The van der Waals surface area contributed by atoms with Crippen molar-refractivity contribution in [2.75, 3.05) is 0 Å². The number of para-hydroxylation sites is 1. The summed E-state index contributed by atoms with van der Waals surface area (Å²) in [5.41, 5.74) is 1.30. The van der Waals surface area contributed by atoms with Gasteiger partial charge in [-0.2, -0.15) is 0 Å². The van der Waals surface area contributed by atoms with Crippen molar-refractivity contribution in [3.05, 3.63) is 141 Å². The minimum absolute atomic E-state index is 0.156. The Morgan fingerprint density at radius 3 is 2.03 bits per heavy atom. The molecule has 0 fully saturated rings. The van der Waals surface area contributed by atoms with Crippen LogP contribution in [0.15, 0.2) is 113 Å². The second-order valence-electron chi connectivity index (χ2n) is 7.99. The number of fused-ring (bicyclic) bond motifs is 1. The first-order valence-electron chi connectivity index (χ1n) is 10.8. The van der Waals surface area contributed by atoms with Gasteiger partial charge in [-0.3, -0.25) is 9.36 Å². The van der Waals surface area contributed by atoms with E-state index < -0.39 is 11.2 Å². The van der Waals surface area contributed by atoms with Crippen molar-refractivity contribution in [3.8, 4) is 11.6 Å². The Bertz CT molecular complexity index is 1550. The van der Waals surface area contributed by atoms with E-state index in [4.69, 9.17) is 0 Å². The first kappa shape index (κ1) is 20.5. The summed E-state index contributed by atoms with van der Waals surface area (Å²) < 4.78 is 2.40. The molecule has 162 valence electrons. The van der Waals surface area contributed by atoms with Crippen molar-refractivity contribution in [2.24, 2.45) is 0 Å². The molecule has 0 amide bonds. The van der Waals surface area contributed by atoms with Crippen LogP contribution in [0.5, 0.6) is 5.88 Å². The molecule has 1 N–H and O–H groups in total. The van der Waals surface area contributed by atoms with Crippen LogP contribution in [0.4, 0.5) is 0 Å². The SMILES string of the molecule is O=c1c(Cc2ccc3ccccc3c2)c(O)n(Cc2ccccc2)c(=O)n1-c1ccccc1. The summed E-state index contributed by atoms with van der Waals surface area (Å²) in [5, 5.41) is 13.3. The normalized spacial score (nSPS) is 11.0. The molecule has 0 saturated heterocycles. The van der Waals surface area contributed by atoms with Crippen molar-refractivity contribution in [2.45, 2.75) is 13.0 Å². The quantitative estimate of drug-likeness (QED) is 0.443. The summed E-state index contributed by atoms with van der Waals surface area (Å²) in [7, 11) is 0. The molecule has 1 heterocycles. The van der Waals surface area contributed by atoms with Crippen molar-refractivity contribution in [3.63, 3.8) is 0 Å². The van der Waals surface area contributed by atoms with E-state index in [1.165, 1.54) is 4.57 Å². The zero-order valence-electron chi connectivity index (χ0n) is 17.9. The predicted octanol–water partition coefficient (Wildman–Crippen LogP) is 4.50. The molecule has 0 aliphatic heterocycles. The smallest absolute Gasteiger partial charge is 0.338 e.